The van der Waals surface area contributed by atoms with Crippen molar-refractivity contribution in [2.24, 2.45) is 5.92 Å². The van der Waals surface area contributed by atoms with Crippen molar-refractivity contribution < 1.29 is 14.3 Å². The minimum atomic E-state index is -0.0477. The Morgan fingerprint density at radius 2 is 1.90 bits per heavy atom. The molecule has 0 heterocycles. The largest absolute Gasteiger partial charge is 0.493 e. The summed E-state index contributed by atoms with van der Waals surface area (Å²) in [5.41, 5.74) is 1.57. The molecule has 0 unspecified atom stereocenters. The molecule has 20 heavy (non-hydrogen) atoms. The molecule has 1 rings (SSSR count). The lowest BCUT2D eigenvalue weighted by molar-refractivity contribution is -0.117. The summed E-state index contributed by atoms with van der Waals surface area (Å²) in [7, 11) is 3.19. The number of carbonyl (C=O) groups excluding carboxylic acids is 1. The van der Waals surface area contributed by atoms with E-state index >= 15 is 0 Å². The number of nitrogens with one attached hydrogen (secondary N) is 1. The lowest BCUT2D eigenvalue weighted by Crippen LogP contribution is -2.27. The van der Waals surface area contributed by atoms with E-state index in [0.29, 0.717) is 29.5 Å². The van der Waals surface area contributed by atoms with Gasteiger partial charge in [-0.05, 0) is 36.6 Å². The van der Waals surface area contributed by atoms with Crippen molar-refractivity contribution in [1.82, 2.24) is 5.32 Å². The van der Waals surface area contributed by atoms with Crippen LogP contribution < -0.4 is 14.8 Å². The Bertz CT molecular complexity index is 492. The molecule has 0 saturated heterocycles. The maximum atomic E-state index is 11.9. The average Bonchev–Trinajstić information content (AvgIpc) is 2.44. The average molecular weight is 277 g/mol. The summed E-state index contributed by atoms with van der Waals surface area (Å²) in [5, 5.41) is 2.89. The Balaban J connectivity index is 2.84. The highest BCUT2D eigenvalue weighted by Gasteiger charge is 2.07. The van der Waals surface area contributed by atoms with Gasteiger partial charge in [-0.3, -0.25) is 4.79 Å². The summed E-state index contributed by atoms with van der Waals surface area (Å²) in [6.45, 7) is 6.60. The SMILES string of the molecule is COc1ccc(C=C(C)C(=O)NCC(C)C)cc1OC. The van der Waals surface area contributed by atoms with E-state index in [0.717, 1.165) is 5.56 Å². The molecule has 4 nitrogen and oxygen atoms in total. The first kappa shape index (κ1) is 16.1. The zero-order valence-electron chi connectivity index (χ0n) is 12.8. The van der Waals surface area contributed by atoms with Crippen molar-refractivity contribution in [1.29, 1.82) is 0 Å². The van der Waals surface area contributed by atoms with E-state index in [1.165, 1.54) is 0 Å². The number of benzene rings is 1. The van der Waals surface area contributed by atoms with Crippen LogP contribution in [0.4, 0.5) is 0 Å². The summed E-state index contributed by atoms with van der Waals surface area (Å²) in [6.07, 6.45) is 1.83. The Morgan fingerprint density at radius 1 is 1.25 bits per heavy atom. The van der Waals surface area contributed by atoms with E-state index in [4.69, 9.17) is 9.47 Å². The number of hydrogen-bond acceptors (Lipinski definition) is 3. The third-order valence-corrected chi connectivity index (χ3v) is 2.82. The molecule has 0 aliphatic carbocycles. The standard InChI is InChI=1S/C16H23NO3/c1-11(2)10-17-16(18)12(3)8-13-6-7-14(19-4)15(9-13)20-5/h6-9,11H,10H2,1-5H3,(H,17,18). The molecule has 0 aromatic heterocycles. The lowest BCUT2D eigenvalue weighted by atomic mass is 10.1. The van der Waals surface area contributed by atoms with E-state index in [1.54, 1.807) is 21.1 Å². The van der Waals surface area contributed by atoms with E-state index in [-0.39, 0.29) is 5.91 Å². The van der Waals surface area contributed by atoms with Crippen LogP contribution in [0.15, 0.2) is 23.8 Å². The fraction of sp³-hybridized carbons (Fsp3) is 0.438. The van der Waals surface area contributed by atoms with E-state index in [1.807, 2.05) is 24.3 Å². The van der Waals surface area contributed by atoms with Crippen molar-refractivity contribution in [2.75, 3.05) is 20.8 Å². The summed E-state index contributed by atoms with van der Waals surface area (Å²) in [5.74, 6) is 1.71. The number of rotatable bonds is 6. The van der Waals surface area contributed by atoms with Crippen molar-refractivity contribution in [3.63, 3.8) is 0 Å². The van der Waals surface area contributed by atoms with Crippen molar-refractivity contribution in [3.8, 4) is 11.5 Å². The van der Waals surface area contributed by atoms with Crippen molar-refractivity contribution in [3.05, 3.63) is 29.3 Å². The van der Waals surface area contributed by atoms with Crippen LogP contribution in [0.3, 0.4) is 0 Å². The Labute approximate surface area is 120 Å². The highest BCUT2D eigenvalue weighted by molar-refractivity contribution is 5.97. The molecule has 0 saturated carbocycles. The molecule has 0 radical (unpaired) electrons. The van der Waals surface area contributed by atoms with Crippen molar-refractivity contribution in [2.45, 2.75) is 20.8 Å². The monoisotopic (exact) mass is 277 g/mol. The molecule has 4 heteroatoms. The minimum Gasteiger partial charge on any atom is -0.493 e. The molecule has 1 amide bonds. The van der Waals surface area contributed by atoms with Crippen LogP contribution in [-0.4, -0.2) is 26.7 Å². The molecule has 0 fully saturated rings. The molecular weight excluding hydrogens is 254 g/mol. The van der Waals surface area contributed by atoms with Gasteiger partial charge in [0.05, 0.1) is 14.2 Å². The van der Waals surface area contributed by atoms with Crippen LogP contribution in [0.25, 0.3) is 6.08 Å². The molecule has 0 atom stereocenters. The van der Waals surface area contributed by atoms with Crippen LogP contribution in [0.2, 0.25) is 0 Å². The molecule has 110 valence electrons. The fourth-order valence-electron chi connectivity index (χ4n) is 1.69. The number of hydrogen-bond donors (Lipinski definition) is 1. The van der Waals surface area contributed by atoms with Gasteiger partial charge in [0.1, 0.15) is 0 Å². The van der Waals surface area contributed by atoms with Gasteiger partial charge in [0.15, 0.2) is 11.5 Å². The first-order chi connectivity index (χ1) is 9.47. The predicted octanol–water partition coefficient (Wildman–Crippen LogP) is 2.88. The van der Waals surface area contributed by atoms with Crippen LogP contribution >= 0.6 is 0 Å². The molecule has 1 N–H and O–H groups in total. The van der Waals surface area contributed by atoms with Gasteiger partial charge in [0.2, 0.25) is 5.91 Å². The van der Waals surface area contributed by atoms with Gasteiger partial charge in [0, 0.05) is 12.1 Å². The summed E-state index contributed by atoms with van der Waals surface area (Å²) in [4.78, 5) is 11.9. The van der Waals surface area contributed by atoms with Gasteiger partial charge in [-0.15, -0.1) is 0 Å². The van der Waals surface area contributed by atoms with E-state index < -0.39 is 0 Å². The molecule has 1 aromatic rings. The predicted molar refractivity (Wildman–Crippen MR) is 81.0 cm³/mol. The van der Waals surface area contributed by atoms with E-state index in [2.05, 4.69) is 19.2 Å². The second kappa shape index (κ2) is 7.58. The van der Waals surface area contributed by atoms with Gasteiger partial charge >= 0.3 is 0 Å². The van der Waals surface area contributed by atoms with Crippen molar-refractivity contribution >= 4 is 12.0 Å². The molecule has 0 spiro atoms. The van der Waals surface area contributed by atoms with Gasteiger partial charge in [0.25, 0.3) is 0 Å². The van der Waals surface area contributed by atoms with E-state index in [9.17, 15) is 4.79 Å². The van der Waals surface area contributed by atoms with Gasteiger partial charge in [-0.2, -0.15) is 0 Å². The minimum absolute atomic E-state index is 0.0477. The summed E-state index contributed by atoms with van der Waals surface area (Å²) >= 11 is 0. The number of methoxy groups -OCH3 is 2. The number of carbonyl (C=O) groups is 1. The highest BCUT2D eigenvalue weighted by Crippen LogP contribution is 2.28. The molecule has 0 aliphatic heterocycles. The smallest absolute Gasteiger partial charge is 0.246 e. The zero-order chi connectivity index (χ0) is 15.1. The fourth-order valence-corrected chi connectivity index (χ4v) is 1.69. The van der Waals surface area contributed by atoms with Gasteiger partial charge in [-0.1, -0.05) is 19.9 Å². The zero-order valence-corrected chi connectivity index (χ0v) is 12.8. The van der Waals surface area contributed by atoms with Gasteiger partial charge in [-0.25, -0.2) is 0 Å². The first-order valence-corrected chi connectivity index (χ1v) is 6.66. The first-order valence-electron chi connectivity index (χ1n) is 6.66. The highest BCUT2D eigenvalue weighted by atomic mass is 16.5. The third-order valence-electron chi connectivity index (χ3n) is 2.82. The summed E-state index contributed by atoms with van der Waals surface area (Å²) < 4.78 is 10.4. The number of ether oxygens (including phenoxy) is 2. The second-order valence-electron chi connectivity index (χ2n) is 5.05. The Hall–Kier alpha value is -1.97. The Kier molecular flexibility index (Phi) is 6.10. The second-order valence-corrected chi connectivity index (χ2v) is 5.05. The molecule has 1 aromatic carbocycles. The maximum Gasteiger partial charge on any atom is 0.246 e. The lowest BCUT2D eigenvalue weighted by Gasteiger charge is -2.09. The van der Waals surface area contributed by atoms with Crippen LogP contribution in [0.5, 0.6) is 11.5 Å². The molecule has 0 bridgehead atoms. The Morgan fingerprint density at radius 3 is 2.45 bits per heavy atom. The third kappa shape index (κ3) is 4.61. The van der Waals surface area contributed by atoms with Crippen LogP contribution in [0.1, 0.15) is 26.3 Å². The quantitative estimate of drug-likeness (QED) is 0.813. The number of amides is 1. The maximum absolute atomic E-state index is 11.9. The topological polar surface area (TPSA) is 47.6 Å². The molecular formula is C16H23NO3. The van der Waals surface area contributed by atoms with Crippen LogP contribution in [0, 0.1) is 5.92 Å². The molecule has 0 aliphatic rings. The normalized spacial score (nSPS) is 11.4. The van der Waals surface area contributed by atoms with Gasteiger partial charge < -0.3 is 14.8 Å². The summed E-state index contributed by atoms with van der Waals surface area (Å²) in [6, 6.07) is 5.56. The van der Waals surface area contributed by atoms with Crippen LogP contribution in [-0.2, 0) is 4.79 Å².